The first kappa shape index (κ1) is 18.2. The van der Waals surface area contributed by atoms with E-state index in [9.17, 15) is 0 Å². The van der Waals surface area contributed by atoms with Gasteiger partial charge in [0, 0.05) is 28.8 Å². The lowest BCUT2D eigenvalue weighted by molar-refractivity contribution is 0.413. The molecule has 0 spiro atoms. The topological polar surface area (TPSA) is 69.3 Å². The highest BCUT2D eigenvalue weighted by molar-refractivity contribution is 7.99. The molecule has 0 unspecified atom stereocenters. The first-order valence-electron chi connectivity index (χ1n) is 8.60. The third kappa shape index (κ3) is 3.61. The summed E-state index contributed by atoms with van der Waals surface area (Å²) in [5, 5.41) is 0.778. The molecule has 0 atom stereocenters. The van der Waals surface area contributed by atoms with Crippen LogP contribution in [0.3, 0.4) is 0 Å². The second-order valence-corrected chi connectivity index (χ2v) is 7.00. The molecular weight excluding hydrogens is 374 g/mol. The van der Waals surface area contributed by atoms with Crippen LogP contribution in [0.15, 0.2) is 64.8 Å². The average Bonchev–Trinajstić information content (AvgIpc) is 3.14. The number of benzene rings is 2. The van der Waals surface area contributed by atoms with Crippen molar-refractivity contribution in [3.8, 4) is 28.5 Å². The molecule has 4 rings (SSSR count). The van der Waals surface area contributed by atoms with Gasteiger partial charge in [-0.15, -0.1) is 0 Å². The van der Waals surface area contributed by atoms with Crippen LogP contribution in [0.5, 0.6) is 17.2 Å². The van der Waals surface area contributed by atoms with Gasteiger partial charge in [-0.2, -0.15) is 0 Å². The summed E-state index contributed by atoms with van der Waals surface area (Å²) in [4.78, 5) is 13.5. The van der Waals surface area contributed by atoms with Crippen molar-refractivity contribution in [3.05, 3.63) is 54.7 Å². The smallest absolute Gasteiger partial charge is 0.171 e. The van der Waals surface area contributed by atoms with Gasteiger partial charge in [0.2, 0.25) is 0 Å². The lowest BCUT2D eigenvalue weighted by Crippen LogP contribution is -1.91. The summed E-state index contributed by atoms with van der Waals surface area (Å²) < 4.78 is 16.0. The van der Waals surface area contributed by atoms with E-state index < -0.39 is 0 Å². The Morgan fingerprint density at radius 2 is 1.54 bits per heavy atom. The van der Waals surface area contributed by atoms with Gasteiger partial charge in [-0.1, -0.05) is 11.8 Å². The first-order chi connectivity index (χ1) is 13.7. The third-order valence-corrected chi connectivity index (χ3v) is 5.25. The van der Waals surface area contributed by atoms with Gasteiger partial charge < -0.3 is 19.2 Å². The van der Waals surface area contributed by atoms with E-state index in [1.54, 1.807) is 27.5 Å². The van der Waals surface area contributed by atoms with E-state index in [4.69, 9.17) is 14.2 Å². The summed E-state index contributed by atoms with van der Waals surface area (Å²) in [6.45, 7) is 0. The van der Waals surface area contributed by atoms with Crippen LogP contribution in [0.25, 0.3) is 22.3 Å². The molecule has 7 heteroatoms. The molecule has 0 fully saturated rings. The van der Waals surface area contributed by atoms with E-state index >= 15 is 0 Å². The molecule has 6 nitrogen and oxygen atoms in total. The monoisotopic (exact) mass is 393 g/mol. The van der Waals surface area contributed by atoms with Gasteiger partial charge in [-0.3, -0.25) is 4.98 Å². The fourth-order valence-corrected chi connectivity index (χ4v) is 3.82. The molecule has 0 bridgehead atoms. The van der Waals surface area contributed by atoms with Gasteiger partial charge in [0.05, 0.1) is 38.1 Å². The van der Waals surface area contributed by atoms with Crippen LogP contribution in [0.1, 0.15) is 0 Å². The van der Waals surface area contributed by atoms with Crippen LogP contribution >= 0.6 is 11.8 Å². The van der Waals surface area contributed by atoms with Crippen LogP contribution in [0.2, 0.25) is 0 Å². The fourth-order valence-electron chi connectivity index (χ4n) is 2.85. The van der Waals surface area contributed by atoms with Gasteiger partial charge in [0.15, 0.2) is 5.16 Å². The molecule has 0 radical (unpaired) electrons. The van der Waals surface area contributed by atoms with E-state index in [1.807, 2.05) is 48.5 Å². The summed E-state index contributed by atoms with van der Waals surface area (Å²) in [5.74, 6) is 2.30. The summed E-state index contributed by atoms with van der Waals surface area (Å²) in [7, 11) is 4.94. The maximum Gasteiger partial charge on any atom is 0.171 e. The zero-order valence-electron chi connectivity index (χ0n) is 15.7. The van der Waals surface area contributed by atoms with Crippen molar-refractivity contribution in [1.29, 1.82) is 0 Å². The highest BCUT2D eigenvalue weighted by atomic mass is 32.2. The Balaban J connectivity index is 1.75. The van der Waals surface area contributed by atoms with Crippen molar-refractivity contribution < 1.29 is 14.2 Å². The van der Waals surface area contributed by atoms with Crippen LogP contribution in [-0.4, -0.2) is 36.3 Å². The lowest BCUT2D eigenvalue weighted by atomic mass is 10.1. The number of nitrogens with one attached hydrogen (secondary N) is 1. The molecule has 142 valence electrons. The van der Waals surface area contributed by atoms with Crippen LogP contribution in [0.4, 0.5) is 0 Å². The summed E-state index contributed by atoms with van der Waals surface area (Å²) in [6.07, 6.45) is 1.74. The molecule has 0 aliphatic heterocycles. The SMILES string of the molecule is COc1ccnc(-c2ccc(OC)cc2Sc2nc3cc(OC)ccc3[nH]2)c1. The van der Waals surface area contributed by atoms with E-state index in [0.29, 0.717) is 0 Å². The van der Waals surface area contributed by atoms with Gasteiger partial charge in [0.1, 0.15) is 17.2 Å². The van der Waals surface area contributed by atoms with Crippen molar-refractivity contribution in [3.63, 3.8) is 0 Å². The van der Waals surface area contributed by atoms with Crippen molar-refractivity contribution in [2.45, 2.75) is 10.1 Å². The molecule has 1 N–H and O–H groups in total. The average molecular weight is 393 g/mol. The predicted molar refractivity (Wildman–Crippen MR) is 110 cm³/mol. The van der Waals surface area contributed by atoms with Gasteiger partial charge in [-0.05, 0) is 36.4 Å². The number of fused-ring (bicyclic) bond motifs is 1. The number of hydrogen-bond acceptors (Lipinski definition) is 6. The number of hydrogen-bond donors (Lipinski definition) is 1. The first-order valence-corrected chi connectivity index (χ1v) is 9.42. The molecule has 4 aromatic rings. The Morgan fingerprint density at radius 1 is 0.821 bits per heavy atom. The molecule has 2 heterocycles. The number of pyridine rings is 1. The zero-order valence-corrected chi connectivity index (χ0v) is 16.5. The summed E-state index contributed by atoms with van der Waals surface area (Å²) >= 11 is 1.52. The number of methoxy groups -OCH3 is 3. The quantitative estimate of drug-likeness (QED) is 0.507. The molecule has 2 aromatic carbocycles. The third-order valence-electron chi connectivity index (χ3n) is 4.31. The van der Waals surface area contributed by atoms with Crippen molar-refractivity contribution >= 4 is 22.8 Å². The van der Waals surface area contributed by atoms with Gasteiger partial charge in [0.25, 0.3) is 0 Å². The molecule has 2 aromatic heterocycles. The Hall–Kier alpha value is -3.19. The molecule has 0 aliphatic rings. The maximum absolute atomic E-state index is 5.41. The normalized spacial score (nSPS) is 10.8. The Bertz CT molecular complexity index is 1130. The van der Waals surface area contributed by atoms with Gasteiger partial charge in [-0.25, -0.2) is 4.98 Å². The standard InChI is InChI=1S/C21H19N3O3S/c1-25-13-5-7-17-19(11-13)24-21(23-17)28-20-12-14(26-2)4-6-16(20)18-10-15(27-3)8-9-22-18/h4-12H,1-3H3,(H,23,24). The molecule has 0 saturated carbocycles. The Morgan fingerprint density at radius 3 is 2.32 bits per heavy atom. The van der Waals surface area contributed by atoms with Crippen molar-refractivity contribution in [2.24, 2.45) is 0 Å². The highest BCUT2D eigenvalue weighted by Gasteiger charge is 2.13. The van der Waals surface area contributed by atoms with E-state index in [1.165, 1.54) is 11.8 Å². The largest absolute Gasteiger partial charge is 0.497 e. The Kier molecular flexibility index (Phi) is 5.08. The van der Waals surface area contributed by atoms with E-state index in [-0.39, 0.29) is 0 Å². The molecule has 0 amide bonds. The number of aromatic nitrogens is 3. The molecule has 0 aliphatic carbocycles. The van der Waals surface area contributed by atoms with Crippen molar-refractivity contribution in [1.82, 2.24) is 15.0 Å². The van der Waals surface area contributed by atoms with Crippen LogP contribution in [0, 0.1) is 0 Å². The van der Waals surface area contributed by atoms with E-state index in [0.717, 1.165) is 49.6 Å². The van der Waals surface area contributed by atoms with Crippen molar-refractivity contribution in [2.75, 3.05) is 21.3 Å². The van der Waals surface area contributed by atoms with Gasteiger partial charge >= 0.3 is 0 Å². The fraction of sp³-hybridized carbons (Fsp3) is 0.143. The molecule has 0 saturated heterocycles. The molecule has 28 heavy (non-hydrogen) atoms. The van der Waals surface area contributed by atoms with Crippen LogP contribution in [-0.2, 0) is 0 Å². The number of imidazole rings is 1. The van der Waals surface area contributed by atoms with Crippen LogP contribution < -0.4 is 14.2 Å². The lowest BCUT2D eigenvalue weighted by Gasteiger charge is -2.10. The maximum atomic E-state index is 5.41. The highest BCUT2D eigenvalue weighted by Crippen LogP contribution is 2.38. The minimum atomic E-state index is 0.757. The predicted octanol–water partition coefficient (Wildman–Crippen LogP) is 4.80. The molecular formula is C21H19N3O3S. The second-order valence-electron chi connectivity index (χ2n) is 5.97. The number of nitrogens with zero attached hydrogens (tertiary/aromatic N) is 2. The number of ether oxygens (including phenoxy) is 3. The minimum Gasteiger partial charge on any atom is -0.497 e. The number of H-pyrrole nitrogens is 1. The number of rotatable bonds is 6. The minimum absolute atomic E-state index is 0.757. The Labute approximate surface area is 166 Å². The summed E-state index contributed by atoms with van der Waals surface area (Å²) in [6, 6.07) is 15.4. The second kappa shape index (κ2) is 7.82. The number of aromatic amines is 1. The zero-order chi connectivity index (χ0) is 19.5. The van der Waals surface area contributed by atoms with E-state index in [2.05, 4.69) is 15.0 Å². The summed E-state index contributed by atoms with van der Waals surface area (Å²) in [5.41, 5.74) is 3.60.